The molecule has 0 saturated heterocycles. The van der Waals surface area contributed by atoms with E-state index in [-0.39, 0.29) is 30.8 Å². The molecular formula is C22H24N2O5. The number of amides is 2. The van der Waals surface area contributed by atoms with Crippen LogP contribution in [0.3, 0.4) is 0 Å². The Labute approximate surface area is 169 Å². The van der Waals surface area contributed by atoms with Gasteiger partial charge in [-0.2, -0.15) is 0 Å². The summed E-state index contributed by atoms with van der Waals surface area (Å²) in [7, 11) is 0. The number of Topliss-reactive ketones (excluding diaryl/α,β-unsaturated/α-hetero) is 1. The summed E-state index contributed by atoms with van der Waals surface area (Å²) in [6, 6.07) is 11.7. The van der Waals surface area contributed by atoms with Crippen molar-refractivity contribution < 1.29 is 23.9 Å². The Bertz CT molecular complexity index is 924. The average Bonchev–Trinajstić information content (AvgIpc) is 3.13. The van der Waals surface area contributed by atoms with Crippen LogP contribution in [0.1, 0.15) is 36.7 Å². The second-order valence-corrected chi connectivity index (χ2v) is 7.25. The smallest absolute Gasteiger partial charge is 0.247 e. The molecule has 2 aromatic rings. The zero-order valence-electron chi connectivity index (χ0n) is 16.7. The van der Waals surface area contributed by atoms with Gasteiger partial charge < -0.3 is 20.1 Å². The Kier molecular flexibility index (Phi) is 6.16. The lowest BCUT2D eigenvalue weighted by molar-refractivity contribution is -0.127. The minimum absolute atomic E-state index is 0.0637. The van der Waals surface area contributed by atoms with E-state index < -0.39 is 11.9 Å². The molecule has 152 valence electrons. The summed E-state index contributed by atoms with van der Waals surface area (Å²) in [6.07, 6.45) is 0.181. The molecule has 1 aliphatic rings. The zero-order valence-corrected chi connectivity index (χ0v) is 16.7. The molecular weight excluding hydrogens is 372 g/mol. The molecule has 7 nitrogen and oxygen atoms in total. The first kappa shape index (κ1) is 20.4. The number of carbonyl (C=O) groups excluding carboxylic acids is 3. The van der Waals surface area contributed by atoms with Gasteiger partial charge in [0.05, 0.1) is 12.1 Å². The van der Waals surface area contributed by atoms with Crippen LogP contribution >= 0.6 is 0 Å². The van der Waals surface area contributed by atoms with Gasteiger partial charge >= 0.3 is 0 Å². The molecule has 0 bridgehead atoms. The van der Waals surface area contributed by atoms with E-state index in [0.717, 1.165) is 5.56 Å². The van der Waals surface area contributed by atoms with Crippen molar-refractivity contribution in [1.82, 2.24) is 5.32 Å². The topological polar surface area (TPSA) is 93.7 Å². The minimum atomic E-state index is -0.753. The van der Waals surface area contributed by atoms with Crippen molar-refractivity contribution in [3.63, 3.8) is 0 Å². The van der Waals surface area contributed by atoms with Crippen molar-refractivity contribution in [2.45, 2.75) is 33.2 Å². The highest BCUT2D eigenvalue weighted by Crippen LogP contribution is 2.37. The molecule has 29 heavy (non-hydrogen) atoms. The molecule has 2 amide bonds. The van der Waals surface area contributed by atoms with Gasteiger partial charge in [-0.1, -0.05) is 44.2 Å². The fraction of sp³-hybridized carbons (Fsp3) is 0.318. The van der Waals surface area contributed by atoms with Crippen LogP contribution in [0.5, 0.6) is 11.5 Å². The van der Waals surface area contributed by atoms with Crippen LogP contribution in [0.25, 0.3) is 0 Å². The predicted molar refractivity (Wildman–Crippen MR) is 108 cm³/mol. The van der Waals surface area contributed by atoms with Crippen molar-refractivity contribution in [2.75, 3.05) is 12.1 Å². The Hall–Kier alpha value is -3.35. The Morgan fingerprint density at radius 1 is 1.03 bits per heavy atom. The third-order valence-corrected chi connectivity index (χ3v) is 4.62. The van der Waals surface area contributed by atoms with Gasteiger partial charge in [-0.05, 0) is 24.5 Å². The highest BCUT2D eigenvalue weighted by atomic mass is 16.7. The normalized spacial score (nSPS) is 13.1. The van der Waals surface area contributed by atoms with E-state index in [9.17, 15) is 14.4 Å². The van der Waals surface area contributed by atoms with Gasteiger partial charge in [0, 0.05) is 11.6 Å². The zero-order chi connectivity index (χ0) is 21.0. The van der Waals surface area contributed by atoms with E-state index in [0.29, 0.717) is 22.7 Å². The average molecular weight is 396 g/mol. The first-order valence-corrected chi connectivity index (χ1v) is 9.44. The number of anilines is 1. The van der Waals surface area contributed by atoms with E-state index in [1.165, 1.54) is 6.92 Å². The maximum absolute atomic E-state index is 12.9. The van der Waals surface area contributed by atoms with Crippen LogP contribution in [-0.2, 0) is 16.0 Å². The summed E-state index contributed by atoms with van der Waals surface area (Å²) in [5.41, 5.74) is 1.51. The molecule has 3 rings (SSSR count). The largest absolute Gasteiger partial charge is 0.454 e. The fourth-order valence-electron chi connectivity index (χ4n) is 3.09. The predicted octanol–water partition coefficient (Wildman–Crippen LogP) is 2.94. The summed E-state index contributed by atoms with van der Waals surface area (Å²) in [5.74, 6) is -0.0908. The molecule has 0 aliphatic carbocycles. The van der Waals surface area contributed by atoms with Crippen LogP contribution < -0.4 is 20.1 Å². The van der Waals surface area contributed by atoms with E-state index in [1.54, 1.807) is 12.1 Å². The third-order valence-electron chi connectivity index (χ3n) is 4.62. The van der Waals surface area contributed by atoms with Crippen LogP contribution in [0.15, 0.2) is 42.5 Å². The van der Waals surface area contributed by atoms with E-state index in [2.05, 4.69) is 10.6 Å². The monoisotopic (exact) mass is 396 g/mol. The lowest BCUT2D eigenvalue weighted by Gasteiger charge is -2.22. The highest BCUT2D eigenvalue weighted by molar-refractivity contribution is 6.06. The SMILES string of the molecule is CC(=O)c1cc2c(cc1NC(=O)C(NC(=O)Cc1ccccc1)C(C)C)OCO2. The maximum atomic E-state index is 12.9. The number of hydrogen-bond donors (Lipinski definition) is 2. The first-order chi connectivity index (χ1) is 13.8. The summed E-state index contributed by atoms with van der Waals surface area (Å²) in [4.78, 5) is 37.4. The van der Waals surface area contributed by atoms with Crippen molar-refractivity contribution in [3.8, 4) is 11.5 Å². The standard InChI is InChI=1S/C22H24N2O5/c1-13(2)21(24-20(26)9-15-7-5-4-6-8-15)22(27)23-17-11-19-18(28-12-29-19)10-16(17)14(3)25/h4-8,10-11,13,21H,9,12H2,1-3H3,(H,23,27)(H,24,26). The molecule has 0 aromatic heterocycles. The van der Waals surface area contributed by atoms with Crippen molar-refractivity contribution >= 4 is 23.3 Å². The number of hydrogen-bond acceptors (Lipinski definition) is 5. The van der Waals surface area contributed by atoms with Gasteiger partial charge in [-0.25, -0.2) is 0 Å². The van der Waals surface area contributed by atoms with Gasteiger partial charge in [0.1, 0.15) is 6.04 Å². The number of nitrogens with one attached hydrogen (secondary N) is 2. The second kappa shape index (κ2) is 8.77. The Balaban J connectivity index is 1.75. The summed E-state index contributed by atoms with van der Waals surface area (Å²) in [5, 5.41) is 5.56. The quantitative estimate of drug-likeness (QED) is 0.702. The second-order valence-electron chi connectivity index (χ2n) is 7.25. The molecule has 1 heterocycles. The van der Waals surface area contributed by atoms with Crippen LogP contribution in [-0.4, -0.2) is 30.4 Å². The molecule has 0 spiro atoms. The molecule has 0 fully saturated rings. The summed E-state index contributed by atoms with van der Waals surface area (Å²) in [6.45, 7) is 5.17. The minimum Gasteiger partial charge on any atom is -0.454 e. The number of ketones is 1. The number of rotatable bonds is 7. The van der Waals surface area contributed by atoms with Crippen molar-refractivity contribution in [1.29, 1.82) is 0 Å². The van der Waals surface area contributed by atoms with Gasteiger partial charge in [-0.3, -0.25) is 14.4 Å². The molecule has 2 N–H and O–H groups in total. The molecule has 2 aromatic carbocycles. The summed E-state index contributed by atoms with van der Waals surface area (Å²) >= 11 is 0. The molecule has 0 saturated carbocycles. The lowest BCUT2D eigenvalue weighted by Crippen LogP contribution is -2.47. The lowest BCUT2D eigenvalue weighted by atomic mass is 10.0. The number of ether oxygens (including phenoxy) is 2. The van der Waals surface area contributed by atoms with Crippen LogP contribution in [0.2, 0.25) is 0 Å². The summed E-state index contributed by atoms with van der Waals surface area (Å²) < 4.78 is 10.6. The Morgan fingerprint density at radius 3 is 2.31 bits per heavy atom. The van der Waals surface area contributed by atoms with Crippen molar-refractivity contribution in [3.05, 3.63) is 53.6 Å². The fourth-order valence-corrected chi connectivity index (χ4v) is 3.09. The van der Waals surface area contributed by atoms with Gasteiger partial charge in [0.25, 0.3) is 0 Å². The van der Waals surface area contributed by atoms with Crippen LogP contribution in [0, 0.1) is 5.92 Å². The van der Waals surface area contributed by atoms with Gasteiger partial charge in [-0.15, -0.1) is 0 Å². The van der Waals surface area contributed by atoms with Crippen LogP contribution in [0.4, 0.5) is 5.69 Å². The molecule has 1 unspecified atom stereocenters. The van der Waals surface area contributed by atoms with Gasteiger partial charge in [0.15, 0.2) is 17.3 Å². The molecule has 7 heteroatoms. The van der Waals surface area contributed by atoms with E-state index in [4.69, 9.17) is 9.47 Å². The van der Waals surface area contributed by atoms with Crippen molar-refractivity contribution in [2.24, 2.45) is 5.92 Å². The first-order valence-electron chi connectivity index (χ1n) is 9.44. The number of benzene rings is 2. The number of carbonyl (C=O) groups is 3. The van der Waals surface area contributed by atoms with E-state index >= 15 is 0 Å². The number of fused-ring (bicyclic) bond motifs is 1. The molecule has 1 atom stereocenters. The molecule has 0 radical (unpaired) electrons. The maximum Gasteiger partial charge on any atom is 0.247 e. The Morgan fingerprint density at radius 2 is 1.69 bits per heavy atom. The highest BCUT2D eigenvalue weighted by Gasteiger charge is 2.27. The van der Waals surface area contributed by atoms with E-state index in [1.807, 2.05) is 44.2 Å². The third kappa shape index (κ3) is 4.93. The molecule has 1 aliphatic heterocycles. The van der Waals surface area contributed by atoms with Gasteiger partial charge in [0.2, 0.25) is 18.6 Å².